The average molecular weight is 238 g/mol. The second-order valence-electron chi connectivity index (χ2n) is 4.25. The molecule has 1 N–H and O–H groups in total. The molecular weight excluding hydrogens is 220 g/mol. The lowest BCUT2D eigenvalue weighted by Gasteiger charge is -2.35. The van der Waals surface area contributed by atoms with Crippen molar-refractivity contribution in [1.82, 2.24) is 9.88 Å². The molecule has 0 bridgehead atoms. The topological polar surface area (TPSA) is 36.4 Å². The first kappa shape index (κ1) is 11.9. The lowest BCUT2D eigenvalue weighted by Crippen LogP contribution is -2.47. The summed E-state index contributed by atoms with van der Waals surface area (Å²) < 4.78 is 0. The Labute approximate surface area is 101 Å². The van der Waals surface area contributed by atoms with E-state index in [1.165, 1.54) is 5.75 Å². The lowest BCUT2D eigenvalue weighted by atomic mass is 10.0. The van der Waals surface area contributed by atoms with E-state index in [4.69, 9.17) is 0 Å². The molecule has 1 aliphatic rings. The largest absolute Gasteiger partial charge is 0.391 e. The zero-order valence-electron chi connectivity index (χ0n) is 9.54. The molecule has 2 atom stereocenters. The van der Waals surface area contributed by atoms with Crippen molar-refractivity contribution in [3.05, 3.63) is 30.1 Å². The van der Waals surface area contributed by atoms with E-state index >= 15 is 0 Å². The van der Waals surface area contributed by atoms with E-state index < -0.39 is 0 Å². The minimum absolute atomic E-state index is 0.278. The molecule has 0 amide bonds. The van der Waals surface area contributed by atoms with Gasteiger partial charge >= 0.3 is 0 Å². The van der Waals surface area contributed by atoms with Crippen LogP contribution in [0.5, 0.6) is 0 Å². The van der Waals surface area contributed by atoms with Gasteiger partial charge in [-0.05, 0) is 24.7 Å². The summed E-state index contributed by atoms with van der Waals surface area (Å²) in [6, 6.07) is 4.23. The maximum atomic E-state index is 10.2. The van der Waals surface area contributed by atoms with E-state index in [0.717, 1.165) is 24.3 Å². The standard InChI is InChI=1S/C12H18N2OS/c1-14-6-7-16-9-11(14)12(15)8-10-2-4-13-5-3-10/h2-5,11-12,15H,6-9H2,1H3. The lowest BCUT2D eigenvalue weighted by molar-refractivity contribution is 0.0763. The van der Waals surface area contributed by atoms with Crippen LogP contribution in [0.2, 0.25) is 0 Å². The maximum Gasteiger partial charge on any atom is 0.0743 e. The van der Waals surface area contributed by atoms with E-state index in [-0.39, 0.29) is 12.1 Å². The Kier molecular flexibility index (Phi) is 4.21. The Hall–Kier alpha value is -0.580. The summed E-state index contributed by atoms with van der Waals surface area (Å²) in [5, 5.41) is 10.2. The van der Waals surface area contributed by atoms with Crippen LogP contribution in [0.15, 0.2) is 24.5 Å². The predicted octanol–water partition coefficient (Wildman–Crippen LogP) is 1.03. The molecule has 2 rings (SSSR count). The van der Waals surface area contributed by atoms with Crippen LogP contribution in [0.1, 0.15) is 5.56 Å². The third-order valence-electron chi connectivity index (χ3n) is 3.08. The average Bonchev–Trinajstić information content (AvgIpc) is 2.31. The molecule has 0 aliphatic carbocycles. The van der Waals surface area contributed by atoms with Gasteiger partial charge in [0.2, 0.25) is 0 Å². The highest BCUT2D eigenvalue weighted by molar-refractivity contribution is 7.99. The number of nitrogens with zero attached hydrogens (tertiary/aromatic N) is 2. The summed E-state index contributed by atoms with van der Waals surface area (Å²) in [6.45, 7) is 1.07. The van der Waals surface area contributed by atoms with Crippen molar-refractivity contribution in [2.24, 2.45) is 0 Å². The van der Waals surface area contributed by atoms with E-state index in [0.29, 0.717) is 0 Å². The number of pyridine rings is 1. The fourth-order valence-electron chi connectivity index (χ4n) is 2.01. The maximum absolute atomic E-state index is 10.2. The molecule has 1 aromatic rings. The Balaban J connectivity index is 1.94. The van der Waals surface area contributed by atoms with E-state index in [1.807, 2.05) is 23.9 Å². The quantitative estimate of drug-likeness (QED) is 0.853. The summed E-state index contributed by atoms with van der Waals surface area (Å²) in [4.78, 5) is 6.25. The molecular formula is C12H18N2OS. The van der Waals surface area contributed by atoms with Crippen LogP contribution in [0, 0.1) is 0 Å². The summed E-state index contributed by atoms with van der Waals surface area (Å²) in [5.74, 6) is 2.21. The van der Waals surface area contributed by atoms with Gasteiger partial charge in [-0.2, -0.15) is 11.8 Å². The van der Waals surface area contributed by atoms with Gasteiger partial charge in [0.05, 0.1) is 6.10 Å². The van der Waals surface area contributed by atoms with Gasteiger partial charge in [0.15, 0.2) is 0 Å². The number of hydrogen-bond donors (Lipinski definition) is 1. The number of aliphatic hydroxyl groups excluding tert-OH is 1. The number of hydrogen-bond acceptors (Lipinski definition) is 4. The number of thioether (sulfide) groups is 1. The van der Waals surface area contributed by atoms with Crippen LogP contribution in [0.25, 0.3) is 0 Å². The highest BCUT2D eigenvalue weighted by Crippen LogP contribution is 2.19. The van der Waals surface area contributed by atoms with Crippen molar-refractivity contribution in [3.63, 3.8) is 0 Å². The minimum atomic E-state index is -0.278. The molecule has 1 fully saturated rings. The van der Waals surface area contributed by atoms with Crippen LogP contribution < -0.4 is 0 Å². The van der Waals surface area contributed by atoms with Gasteiger partial charge < -0.3 is 5.11 Å². The number of aliphatic hydroxyl groups is 1. The van der Waals surface area contributed by atoms with Crippen molar-refractivity contribution in [2.45, 2.75) is 18.6 Å². The fraction of sp³-hybridized carbons (Fsp3) is 0.583. The second kappa shape index (κ2) is 5.66. The van der Waals surface area contributed by atoms with Gasteiger partial charge in [0, 0.05) is 42.9 Å². The van der Waals surface area contributed by atoms with E-state index in [9.17, 15) is 5.11 Å². The molecule has 0 radical (unpaired) electrons. The monoisotopic (exact) mass is 238 g/mol. The molecule has 88 valence electrons. The summed E-state index contributed by atoms with van der Waals surface area (Å²) in [5.41, 5.74) is 1.16. The van der Waals surface area contributed by atoms with Gasteiger partial charge in [-0.3, -0.25) is 9.88 Å². The third kappa shape index (κ3) is 2.97. The Morgan fingerprint density at radius 2 is 2.31 bits per heavy atom. The van der Waals surface area contributed by atoms with Gasteiger partial charge in [-0.15, -0.1) is 0 Å². The first-order chi connectivity index (χ1) is 7.77. The van der Waals surface area contributed by atoms with Crippen LogP contribution >= 0.6 is 11.8 Å². The highest BCUT2D eigenvalue weighted by Gasteiger charge is 2.26. The Bertz CT molecular complexity index is 320. The zero-order valence-corrected chi connectivity index (χ0v) is 10.4. The molecule has 0 aromatic carbocycles. The SMILES string of the molecule is CN1CCSCC1C(O)Cc1ccncc1. The van der Waals surface area contributed by atoms with Gasteiger partial charge in [0.25, 0.3) is 0 Å². The van der Waals surface area contributed by atoms with Gasteiger partial charge in [-0.25, -0.2) is 0 Å². The smallest absolute Gasteiger partial charge is 0.0743 e. The van der Waals surface area contributed by atoms with E-state index in [2.05, 4.69) is 16.9 Å². The molecule has 0 spiro atoms. The number of rotatable bonds is 3. The number of aromatic nitrogens is 1. The highest BCUT2D eigenvalue weighted by atomic mass is 32.2. The van der Waals surface area contributed by atoms with Crippen LogP contribution in [-0.4, -0.2) is 52.2 Å². The van der Waals surface area contributed by atoms with Crippen molar-refractivity contribution in [3.8, 4) is 0 Å². The van der Waals surface area contributed by atoms with Crippen molar-refractivity contribution in [1.29, 1.82) is 0 Å². The molecule has 2 heterocycles. The van der Waals surface area contributed by atoms with Crippen molar-refractivity contribution < 1.29 is 5.11 Å². The molecule has 1 aliphatic heterocycles. The fourth-order valence-corrected chi connectivity index (χ4v) is 3.31. The zero-order chi connectivity index (χ0) is 11.4. The van der Waals surface area contributed by atoms with Crippen LogP contribution in [-0.2, 0) is 6.42 Å². The molecule has 1 aromatic heterocycles. The van der Waals surface area contributed by atoms with Crippen LogP contribution in [0.4, 0.5) is 0 Å². The van der Waals surface area contributed by atoms with Gasteiger partial charge in [-0.1, -0.05) is 0 Å². The molecule has 16 heavy (non-hydrogen) atoms. The molecule has 0 saturated carbocycles. The van der Waals surface area contributed by atoms with Crippen LogP contribution in [0.3, 0.4) is 0 Å². The van der Waals surface area contributed by atoms with Crippen molar-refractivity contribution in [2.75, 3.05) is 25.1 Å². The molecule has 1 saturated heterocycles. The summed E-state index contributed by atoms with van der Waals surface area (Å²) >= 11 is 1.93. The minimum Gasteiger partial charge on any atom is -0.391 e. The number of likely N-dealkylation sites (N-methyl/N-ethyl adjacent to an activating group) is 1. The van der Waals surface area contributed by atoms with Crippen molar-refractivity contribution >= 4 is 11.8 Å². The molecule has 4 heteroatoms. The Morgan fingerprint density at radius 3 is 3.00 bits per heavy atom. The van der Waals surface area contributed by atoms with E-state index in [1.54, 1.807) is 12.4 Å². The molecule has 3 nitrogen and oxygen atoms in total. The third-order valence-corrected chi connectivity index (χ3v) is 4.13. The first-order valence-corrected chi connectivity index (χ1v) is 6.78. The molecule has 2 unspecified atom stereocenters. The Morgan fingerprint density at radius 1 is 1.56 bits per heavy atom. The summed E-state index contributed by atoms with van der Waals surface area (Å²) in [6.07, 6.45) is 4.00. The predicted molar refractivity (Wildman–Crippen MR) is 67.7 cm³/mol. The normalized spacial score (nSPS) is 24.2. The first-order valence-electron chi connectivity index (χ1n) is 5.62. The second-order valence-corrected chi connectivity index (χ2v) is 5.40. The van der Waals surface area contributed by atoms with Gasteiger partial charge in [0.1, 0.15) is 0 Å². The summed E-state index contributed by atoms with van der Waals surface area (Å²) in [7, 11) is 2.10.